The molecule has 1 N–H and O–H groups in total. The molecule has 8 nitrogen and oxygen atoms in total. The zero-order valence-electron chi connectivity index (χ0n) is 14.1. The minimum Gasteiger partial charge on any atom is -0.476 e. The van der Waals surface area contributed by atoms with Crippen molar-refractivity contribution in [3.05, 3.63) is 11.9 Å². The molecule has 1 heterocycles. The second-order valence-corrected chi connectivity index (χ2v) is 6.75. The van der Waals surface area contributed by atoms with E-state index in [-0.39, 0.29) is 35.7 Å². The number of carbonyl (C=O) groups excluding carboxylic acids is 1. The molecule has 2 aliphatic carbocycles. The Balaban J connectivity index is 1.66. The van der Waals surface area contributed by atoms with E-state index in [1.807, 2.05) is 14.0 Å². The molecule has 0 saturated heterocycles. The Labute approximate surface area is 140 Å². The first-order valence-electron chi connectivity index (χ1n) is 8.48. The molecular formula is C16H24N4O4. The zero-order chi connectivity index (χ0) is 17.3. The Morgan fingerprint density at radius 1 is 1.46 bits per heavy atom. The minimum absolute atomic E-state index is 0.00264. The standard InChI is InChI=1S/C16H24N4O4/c1-3-24-13-8-12(16(13)6-4-5-7-16)19(2)14(21)10-20-9-11(15(22)23)17-18-20/h9,12-13H,3-8,10H2,1-2H3,(H,22,23). The van der Waals surface area contributed by atoms with E-state index in [0.29, 0.717) is 6.61 Å². The van der Waals surface area contributed by atoms with Crippen molar-refractivity contribution >= 4 is 11.9 Å². The van der Waals surface area contributed by atoms with Gasteiger partial charge in [0.25, 0.3) is 0 Å². The summed E-state index contributed by atoms with van der Waals surface area (Å²) in [6.45, 7) is 2.71. The third-order valence-corrected chi connectivity index (χ3v) is 5.56. The van der Waals surface area contributed by atoms with Crippen LogP contribution < -0.4 is 0 Å². The van der Waals surface area contributed by atoms with Crippen molar-refractivity contribution in [2.45, 2.75) is 57.7 Å². The molecule has 2 unspecified atom stereocenters. The number of carboxylic acid groups (broad SMARTS) is 1. The molecule has 0 aliphatic heterocycles. The molecule has 1 amide bonds. The van der Waals surface area contributed by atoms with Gasteiger partial charge in [0.05, 0.1) is 12.3 Å². The van der Waals surface area contributed by atoms with Crippen LogP contribution in [0.1, 0.15) is 49.5 Å². The largest absolute Gasteiger partial charge is 0.476 e. The second-order valence-electron chi connectivity index (χ2n) is 6.75. The van der Waals surface area contributed by atoms with Gasteiger partial charge in [-0.3, -0.25) is 4.79 Å². The molecule has 24 heavy (non-hydrogen) atoms. The van der Waals surface area contributed by atoms with E-state index < -0.39 is 5.97 Å². The van der Waals surface area contributed by atoms with Gasteiger partial charge in [0, 0.05) is 25.1 Å². The van der Waals surface area contributed by atoms with Gasteiger partial charge in [0.15, 0.2) is 5.69 Å². The summed E-state index contributed by atoms with van der Waals surface area (Å²) >= 11 is 0. The quantitative estimate of drug-likeness (QED) is 0.837. The summed E-state index contributed by atoms with van der Waals surface area (Å²) in [5.74, 6) is -1.23. The minimum atomic E-state index is -1.15. The van der Waals surface area contributed by atoms with E-state index >= 15 is 0 Å². The highest BCUT2D eigenvalue weighted by Crippen LogP contribution is 2.56. The molecule has 132 valence electrons. The van der Waals surface area contributed by atoms with E-state index in [1.54, 1.807) is 4.90 Å². The van der Waals surface area contributed by atoms with Crippen molar-refractivity contribution in [1.29, 1.82) is 0 Å². The van der Waals surface area contributed by atoms with Gasteiger partial charge >= 0.3 is 5.97 Å². The summed E-state index contributed by atoms with van der Waals surface area (Å²) in [6, 6.07) is 0.187. The van der Waals surface area contributed by atoms with Gasteiger partial charge in [-0.1, -0.05) is 18.1 Å². The number of hydrogen-bond donors (Lipinski definition) is 1. The number of carboxylic acids is 1. The SMILES string of the molecule is CCOC1CC(N(C)C(=O)Cn2cc(C(=O)O)nn2)C12CCCC2. The van der Waals surface area contributed by atoms with Crippen molar-refractivity contribution < 1.29 is 19.4 Å². The topological polar surface area (TPSA) is 97.5 Å². The zero-order valence-corrected chi connectivity index (χ0v) is 14.1. The average Bonchev–Trinajstić information content (AvgIpc) is 3.20. The van der Waals surface area contributed by atoms with Crippen molar-refractivity contribution in [1.82, 2.24) is 19.9 Å². The summed E-state index contributed by atoms with van der Waals surface area (Å²) in [7, 11) is 1.82. The Hall–Kier alpha value is -1.96. The van der Waals surface area contributed by atoms with E-state index in [4.69, 9.17) is 9.84 Å². The molecule has 2 fully saturated rings. The van der Waals surface area contributed by atoms with Crippen molar-refractivity contribution in [2.24, 2.45) is 5.41 Å². The molecule has 2 saturated carbocycles. The molecule has 0 radical (unpaired) electrons. The maximum Gasteiger partial charge on any atom is 0.358 e. The smallest absolute Gasteiger partial charge is 0.358 e. The Kier molecular flexibility index (Phi) is 4.58. The summed E-state index contributed by atoms with van der Waals surface area (Å²) in [5.41, 5.74) is -0.0626. The number of aromatic nitrogens is 3. The molecule has 1 aromatic heterocycles. The molecule has 1 aromatic rings. The summed E-state index contributed by atoms with van der Waals surface area (Å²) in [5, 5.41) is 16.1. The fraction of sp³-hybridized carbons (Fsp3) is 0.750. The molecular weight excluding hydrogens is 312 g/mol. The van der Waals surface area contributed by atoms with Gasteiger partial charge in [0.1, 0.15) is 6.54 Å². The van der Waals surface area contributed by atoms with E-state index in [9.17, 15) is 9.59 Å². The number of likely N-dealkylation sites (N-methyl/N-ethyl adjacent to an activating group) is 1. The molecule has 1 spiro atoms. The van der Waals surface area contributed by atoms with Crippen LogP contribution in [-0.2, 0) is 16.1 Å². The van der Waals surface area contributed by atoms with Gasteiger partial charge in [-0.05, 0) is 26.2 Å². The first-order valence-corrected chi connectivity index (χ1v) is 8.48. The van der Waals surface area contributed by atoms with Crippen molar-refractivity contribution in [3.63, 3.8) is 0 Å². The maximum atomic E-state index is 12.6. The molecule has 2 aliphatic rings. The fourth-order valence-corrected chi connectivity index (χ4v) is 4.29. The number of amides is 1. The molecule has 0 bridgehead atoms. The van der Waals surface area contributed by atoms with Crippen LogP contribution in [0.15, 0.2) is 6.20 Å². The highest BCUT2D eigenvalue weighted by Gasteiger charge is 2.58. The van der Waals surface area contributed by atoms with E-state index in [1.165, 1.54) is 23.7 Å². The first-order chi connectivity index (χ1) is 11.5. The van der Waals surface area contributed by atoms with Crippen LogP contribution in [0.5, 0.6) is 0 Å². The summed E-state index contributed by atoms with van der Waals surface area (Å²) in [6.07, 6.45) is 6.98. The number of rotatable bonds is 6. The number of ether oxygens (including phenoxy) is 1. The number of nitrogens with zero attached hydrogens (tertiary/aromatic N) is 4. The monoisotopic (exact) mass is 336 g/mol. The van der Waals surface area contributed by atoms with Crippen LogP contribution in [0.25, 0.3) is 0 Å². The maximum absolute atomic E-state index is 12.6. The average molecular weight is 336 g/mol. The normalized spacial score (nSPS) is 24.8. The van der Waals surface area contributed by atoms with Crippen LogP contribution in [0.2, 0.25) is 0 Å². The third-order valence-electron chi connectivity index (χ3n) is 5.56. The lowest BCUT2D eigenvalue weighted by atomic mass is 9.60. The highest BCUT2D eigenvalue weighted by molar-refractivity contribution is 5.84. The lowest BCUT2D eigenvalue weighted by Gasteiger charge is -2.57. The number of carbonyl (C=O) groups is 2. The van der Waals surface area contributed by atoms with Gasteiger partial charge in [-0.15, -0.1) is 5.10 Å². The number of aromatic carboxylic acids is 1. The van der Waals surface area contributed by atoms with Crippen molar-refractivity contribution in [3.8, 4) is 0 Å². The molecule has 8 heteroatoms. The molecule has 2 atom stereocenters. The van der Waals surface area contributed by atoms with Crippen LogP contribution in [0.4, 0.5) is 0 Å². The predicted molar refractivity (Wildman–Crippen MR) is 84.5 cm³/mol. The molecule has 0 aromatic carbocycles. The highest BCUT2D eigenvalue weighted by atomic mass is 16.5. The third kappa shape index (κ3) is 2.79. The Morgan fingerprint density at radius 2 is 2.17 bits per heavy atom. The van der Waals surface area contributed by atoms with Gasteiger partial charge in [0.2, 0.25) is 5.91 Å². The second kappa shape index (κ2) is 6.51. The van der Waals surface area contributed by atoms with Gasteiger partial charge < -0.3 is 14.7 Å². The molecule has 3 rings (SSSR count). The summed E-state index contributed by atoms with van der Waals surface area (Å²) < 4.78 is 7.17. The number of hydrogen-bond acceptors (Lipinski definition) is 5. The fourth-order valence-electron chi connectivity index (χ4n) is 4.29. The van der Waals surface area contributed by atoms with Crippen LogP contribution in [-0.4, -0.2) is 62.7 Å². The predicted octanol–water partition coefficient (Wildman–Crippen LogP) is 1.17. The van der Waals surface area contributed by atoms with Crippen LogP contribution >= 0.6 is 0 Å². The van der Waals surface area contributed by atoms with E-state index in [0.717, 1.165) is 19.3 Å². The summed E-state index contributed by atoms with van der Waals surface area (Å²) in [4.78, 5) is 25.2. The Bertz CT molecular complexity index is 623. The lowest BCUT2D eigenvalue weighted by Crippen LogP contribution is -2.64. The van der Waals surface area contributed by atoms with Gasteiger partial charge in [-0.25, -0.2) is 9.48 Å². The lowest BCUT2D eigenvalue weighted by molar-refractivity contribution is -0.172. The Morgan fingerprint density at radius 3 is 2.75 bits per heavy atom. The van der Waals surface area contributed by atoms with Crippen LogP contribution in [0, 0.1) is 5.41 Å². The van der Waals surface area contributed by atoms with Crippen molar-refractivity contribution in [2.75, 3.05) is 13.7 Å². The van der Waals surface area contributed by atoms with Crippen LogP contribution in [0.3, 0.4) is 0 Å². The van der Waals surface area contributed by atoms with Gasteiger partial charge in [-0.2, -0.15) is 0 Å². The van der Waals surface area contributed by atoms with E-state index in [2.05, 4.69) is 10.3 Å². The first kappa shape index (κ1) is 16.9.